The lowest BCUT2D eigenvalue weighted by atomic mass is 10.1. The zero-order valence-corrected chi connectivity index (χ0v) is 12.1. The predicted octanol–water partition coefficient (Wildman–Crippen LogP) is 3.99. The average Bonchev–Trinajstić information content (AvgIpc) is 3.02. The fourth-order valence-corrected chi connectivity index (χ4v) is 2.73. The van der Waals surface area contributed by atoms with E-state index in [4.69, 9.17) is 0 Å². The number of hydrogen-bond acceptors (Lipinski definition) is 3. The molecule has 0 aliphatic rings. The van der Waals surface area contributed by atoms with Crippen LogP contribution >= 0.6 is 11.3 Å². The van der Waals surface area contributed by atoms with Crippen LogP contribution in [-0.2, 0) is 11.2 Å². The van der Waals surface area contributed by atoms with Gasteiger partial charge in [0, 0.05) is 16.6 Å². The van der Waals surface area contributed by atoms with Gasteiger partial charge in [0.05, 0.1) is 6.42 Å². The van der Waals surface area contributed by atoms with Crippen molar-refractivity contribution in [3.8, 4) is 11.1 Å². The third-order valence-corrected chi connectivity index (χ3v) is 3.93. The molecule has 0 radical (unpaired) electrons. The second-order valence-electron chi connectivity index (χ2n) is 4.60. The number of carbonyl (C=O) groups is 1. The molecule has 0 bridgehead atoms. The minimum absolute atomic E-state index is 0.0441. The number of anilines is 1. The summed E-state index contributed by atoms with van der Waals surface area (Å²) in [5.74, 6) is 0.536. The highest BCUT2D eigenvalue weighted by Gasteiger charge is 2.06. The predicted molar refractivity (Wildman–Crippen MR) is 86.3 cm³/mol. The zero-order chi connectivity index (χ0) is 14.5. The highest BCUT2D eigenvalue weighted by atomic mass is 32.1. The molecule has 2 aromatic heterocycles. The SMILES string of the molecule is O=C(Cc1cccs1)Nc1ccc(-c2ccccc2)cn1. The van der Waals surface area contributed by atoms with Crippen LogP contribution in [0.5, 0.6) is 0 Å². The zero-order valence-electron chi connectivity index (χ0n) is 11.3. The standard InChI is InChI=1S/C17H14N2OS/c20-17(11-15-7-4-10-21-15)19-16-9-8-14(12-18-16)13-5-2-1-3-6-13/h1-10,12H,11H2,(H,18,19,20). The highest BCUT2D eigenvalue weighted by molar-refractivity contribution is 7.10. The van der Waals surface area contributed by atoms with Gasteiger partial charge in [0.1, 0.15) is 5.82 Å². The molecule has 4 heteroatoms. The molecule has 0 spiro atoms. The lowest BCUT2D eigenvalue weighted by molar-refractivity contribution is -0.115. The summed E-state index contributed by atoms with van der Waals surface area (Å²) in [6.45, 7) is 0. The van der Waals surface area contributed by atoms with Crippen LogP contribution < -0.4 is 5.32 Å². The largest absolute Gasteiger partial charge is 0.310 e. The Morgan fingerprint density at radius 1 is 1.00 bits per heavy atom. The average molecular weight is 294 g/mol. The molecule has 0 fully saturated rings. The molecule has 0 aliphatic heterocycles. The van der Waals surface area contributed by atoms with Crippen molar-refractivity contribution in [1.29, 1.82) is 0 Å². The number of pyridine rings is 1. The van der Waals surface area contributed by atoms with Gasteiger partial charge in [0.2, 0.25) is 5.91 Å². The van der Waals surface area contributed by atoms with Crippen molar-refractivity contribution >= 4 is 23.1 Å². The molecule has 3 nitrogen and oxygen atoms in total. The van der Waals surface area contributed by atoms with Crippen LogP contribution in [0.1, 0.15) is 4.88 Å². The Bertz CT molecular complexity index is 706. The number of carbonyl (C=O) groups excluding carboxylic acids is 1. The Kier molecular flexibility index (Phi) is 4.07. The quantitative estimate of drug-likeness (QED) is 0.790. The van der Waals surface area contributed by atoms with Crippen LogP contribution in [0.15, 0.2) is 66.2 Å². The van der Waals surface area contributed by atoms with Crippen molar-refractivity contribution in [3.05, 3.63) is 71.1 Å². The summed E-state index contributed by atoms with van der Waals surface area (Å²) in [5, 5.41) is 4.78. The van der Waals surface area contributed by atoms with E-state index < -0.39 is 0 Å². The number of amides is 1. The van der Waals surface area contributed by atoms with Gasteiger partial charge in [-0.2, -0.15) is 0 Å². The minimum atomic E-state index is -0.0441. The van der Waals surface area contributed by atoms with Gasteiger partial charge < -0.3 is 5.32 Å². The van der Waals surface area contributed by atoms with Gasteiger partial charge >= 0.3 is 0 Å². The van der Waals surface area contributed by atoms with Gasteiger partial charge in [-0.05, 0) is 29.1 Å². The number of aromatic nitrogens is 1. The smallest absolute Gasteiger partial charge is 0.230 e. The highest BCUT2D eigenvalue weighted by Crippen LogP contribution is 2.19. The number of nitrogens with one attached hydrogen (secondary N) is 1. The van der Waals surface area contributed by atoms with Crippen molar-refractivity contribution in [1.82, 2.24) is 4.98 Å². The van der Waals surface area contributed by atoms with E-state index in [0.29, 0.717) is 12.2 Å². The minimum Gasteiger partial charge on any atom is -0.310 e. The lowest BCUT2D eigenvalue weighted by Gasteiger charge is -2.05. The summed E-state index contributed by atoms with van der Waals surface area (Å²) in [6.07, 6.45) is 2.16. The van der Waals surface area contributed by atoms with E-state index in [2.05, 4.69) is 10.3 Å². The molecule has 104 valence electrons. The summed E-state index contributed by atoms with van der Waals surface area (Å²) < 4.78 is 0. The number of rotatable bonds is 4. The van der Waals surface area contributed by atoms with Crippen molar-refractivity contribution in [2.75, 3.05) is 5.32 Å². The Hall–Kier alpha value is -2.46. The van der Waals surface area contributed by atoms with Crippen molar-refractivity contribution in [2.24, 2.45) is 0 Å². The second kappa shape index (κ2) is 6.33. The normalized spacial score (nSPS) is 10.3. The Labute approximate surface area is 127 Å². The molecular weight excluding hydrogens is 280 g/mol. The Morgan fingerprint density at radius 3 is 2.52 bits per heavy atom. The molecule has 3 rings (SSSR count). The first-order valence-corrected chi connectivity index (χ1v) is 7.53. The summed E-state index contributed by atoms with van der Waals surface area (Å²) >= 11 is 1.58. The van der Waals surface area contributed by atoms with E-state index in [-0.39, 0.29) is 5.91 Å². The molecule has 3 aromatic rings. The number of thiophene rings is 1. The van der Waals surface area contributed by atoms with Crippen molar-refractivity contribution in [3.63, 3.8) is 0 Å². The third kappa shape index (κ3) is 3.55. The van der Waals surface area contributed by atoms with Gasteiger partial charge in [-0.25, -0.2) is 4.98 Å². The van der Waals surface area contributed by atoms with Crippen LogP contribution in [-0.4, -0.2) is 10.9 Å². The molecule has 21 heavy (non-hydrogen) atoms. The maximum absolute atomic E-state index is 11.9. The van der Waals surface area contributed by atoms with Gasteiger partial charge in [-0.3, -0.25) is 4.79 Å². The number of nitrogens with zero attached hydrogens (tertiary/aromatic N) is 1. The topological polar surface area (TPSA) is 42.0 Å². The summed E-state index contributed by atoms with van der Waals surface area (Å²) in [7, 11) is 0. The van der Waals surface area contributed by atoms with Gasteiger partial charge in [0.15, 0.2) is 0 Å². The number of benzene rings is 1. The molecule has 0 unspecified atom stereocenters. The van der Waals surface area contributed by atoms with E-state index in [1.54, 1.807) is 17.5 Å². The summed E-state index contributed by atoms with van der Waals surface area (Å²) in [5.41, 5.74) is 2.15. The lowest BCUT2D eigenvalue weighted by Crippen LogP contribution is -2.14. The van der Waals surface area contributed by atoms with Crippen molar-refractivity contribution < 1.29 is 4.79 Å². The van der Waals surface area contributed by atoms with E-state index in [0.717, 1.165) is 16.0 Å². The first-order chi connectivity index (χ1) is 10.3. The molecule has 0 saturated heterocycles. The second-order valence-corrected chi connectivity index (χ2v) is 5.63. The third-order valence-electron chi connectivity index (χ3n) is 3.05. The first-order valence-electron chi connectivity index (χ1n) is 6.65. The van der Waals surface area contributed by atoms with Crippen LogP contribution in [0.3, 0.4) is 0 Å². The Balaban J connectivity index is 1.66. The first kappa shape index (κ1) is 13.5. The molecule has 1 amide bonds. The fourth-order valence-electron chi connectivity index (χ4n) is 2.03. The Morgan fingerprint density at radius 2 is 1.86 bits per heavy atom. The van der Waals surface area contributed by atoms with Crippen molar-refractivity contribution in [2.45, 2.75) is 6.42 Å². The maximum atomic E-state index is 11.9. The van der Waals surface area contributed by atoms with Gasteiger partial charge in [0.25, 0.3) is 0 Å². The molecular formula is C17H14N2OS. The molecule has 1 aromatic carbocycles. The van der Waals surface area contributed by atoms with E-state index in [9.17, 15) is 4.79 Å². The molecule has 1 N–H and O–H groups in total. The molecule has 0 aliphatic carbocycles. The summed E-state index contributed by atoms with van der Waals surface area (Å²) in [6, 6.07) is 17.7. The van der Waals surface area contributed by atoms with E-state index in [1.165, 1.54) is 0 Å². The maximum Gasteiger partial charge on any atom is 0.230 e. The molecule has 2 heterocycles. The fraction of sp³-hybridized carbons (Fsp3) is 0.0588. The van der Waals surface area contributed by atoms with Crippen LogP contribution in [0, 0.1) is 0 Å². The van der Waals surface area contributed by atoms with Gasteiger partial charge in [-0.15, -0.1) is 11.3 Å². The van der Waals surface area contributed by atoms with Crippen LogP contribution in [0.2, 0.25) is 0 Å². The van der Waals surface area contributed by atoms with E-state index in [1.807, 2.05) is 60.0 Å². The summed E-state index contributed by atoms with van der Waals surface area (Å²) in [4.78, 5) is 17.2. The monoisotopic (exact) mass is 294 g/mol. The molecule has 0 saturated carbocycles. The molecule has 0 atom stereocenters. The van der Waals surface area contributed by atoms with Gasteiger partial charge in [-0.1, -0.05) is 36.4 Å². The van der Waals surface area contributed by atoms with Crippen LogP contribution in [0.4, 0.5) is 5.82 Å². The van der Waals surface area contributed by atoms with E-state index >= 15 is 0 Å². The van der Waals surface area contributed by atoms with Crippen LogP contribution in [0.25, 0.3) is 11.1 Å². The number of hydrogen-bond donors (Lipinski definition) is 1.